The number of carbonyl (C=O) groups excluding carboxylic acids is 1. The number of ether oxygens (including phenoxy) is 2. The number of amides is 1. The maximum atomic E-state index is 13.0. The van der Waals surface area contributed by atoms with Gasteiger partial charge in [-0.15, -0.1) is 0 Å². The average molecular weight is 426 g/mol. The third-order valence-corrected chi connectivity index (χ3v) is 4.67. The molecule has 0 heterocycles. The van der Waals surface area contributed by atoms with Crippen molar-refractivity contribution in [3.63, 3.8) is 0 Å². The lowest BCUT2D eigenvalue weighted by atomic mass is 9.99. The molecule has 30 heavy (non-hydrogen) atoms. The van der Waals surface area contributed by atoms with Crippen LogP contribution < -0.4 is 14.8 Å². The van der Waals surface area contributed by atoms with Crippen LogP contribution in [0.25, 0.3) is 0 Å². The van der Waals surface area contributed by atoms with Gasteiger partial charge in [0, 0.05) is 27.9 Å². The van der Waals surface area contributed by atoms with Crippen molar-refractivity contribution in [3.8, 4) is 11.5 Å². The van der Waals surface area contributed by atoms with E-state index >= 15 is 0 Å². The molecule has 5 nitrogen and oxygen atoms in total. The molecule has 0 bridgehead atoms. The maximum Gasteiger partial charge on any atom is 0.255 e. The topological polar surface area (TPSA) is 67.8 Å². The van der Waals surface area contributed by atoms with Crippen LogP contribution in [0.1, 0.15) is 41.4 Å². The van der Waals surface area contributed by atoms with E-state index in [1.54, 1.807) is 36.4 Å². The second-order valence-electron chi connectivity index (χ2n) is 6.56. The first-order valence-corrected chi connectivity index (χ1v) is 10.1. The molecule has 0 aliphatic carbocycles. The lowest BCUT2D eigenvalue weighted by Crippen LogP contribution is -2.15. The summed E-state index contributed by atoms with van der Waals surface area (Å²) < 4.78 is 11.1. The Bertz CT molecular complexity index is 983. The number of hydrogen-bond acceptors (Lipinski definition) is 4. The number of hydrogen-bond donors (Lipinski definition) is 2. The Labute approximate surface area is 181 Å². The molecule has 0 aliphatic heterocycles. The van der Waals surface area contributed by atoms with Crippen molar-refractivity contribution in [1.29, 1.82) is 0 Å². The van der Waals surface area contributed by atoms with Gasteiger partial charge in [-0.25, -0.2) is 0 Å². The Hall–Kier alpha value is -3.02. The van der Waals surface area contributed by atoms with Crippen LogP contribution in [0.15, 0.2) is 66.7 Å². The lowest BCUT2D eigenvalue weighted by Gasteiger charge is -2.18. The van der Waals surface area contributed by atoms with Gasteiger partial charge in [0.2, 0.25) is 0 Å². The van der Waals surface area contributed by atoms with E-state index < -0.39 is 6.10 Å². The van der Waals surface area contributed by atoms with Gasteiger partial charge in [0.25, 0.3) is 5.91 Å². The predicted octanol–water partition coefficient (Wildman–Crippen LogP) is 5.47. The molecule has 3 aromatic carbocycles. The Morgan fingerprint density at radius 2 is 1.60 bits per heavy atom. The molecular weight excluding hydrogens is 402 g/mol. The highest BCUT2D eigenvalue weighted by Crippen LogP contribution is 2.32. The molecule has 0 aromatic heterocycles. The van der Waals surface area contributed by atoms with E-state index in [9.17, 15) is 9.90 Å². The summed E-state index contributed by atoms with van der Waals surface area (Å²) >= 11 is 6.16. The molecule has 0 spiro atoms. The van der Waals surface area contributed by atoms with E-state index in [-0.39, 0.29) is 5.91 Å². The monoisotopic (exact) mass is 425 g/mol. The van der Waals surface area contributed by atoms with Crippen LogP contribution >= 0.6 is 11.6 Å². The minimum Gasteiger partial charge on any atom is -0.494 e. The summed E-state index contributed by atoms with van der Waals surface area (Å²) in [5.41, 5.74) is 2.07. The van der Waals surface area contributed by atoms with Crippen molar-refractivity contribution in [1.82, 2.24) is 0 Å². The minimum absolute atomic E-state index is 0.346. The summed E-state index contributed by atoms with van der Waals surface area (Å²) in [7, 11) is 0. The average Bonchev–Trinajstić information content (AvgIpc) is 2.75. The van der Waals surface area contributed by atoms with Crippen LogP contribution in [0.2, 0.25) is 5.02 Å². The maximum absolute atomic E-state index is 13.0. The van der Waals surface area contributed by atoms with E-state index in [2.05, 4.69) is 5.32 Å². The van der Waals surface area contributed by atoms with Crippen LogP contribution in [0.4, 0.5) is 5.69 Å². The van der Waals surface area contributed by atoms with E-state index in [1.807, 2.05) is 44.2 Å². The number of benzene rings is 3. The largest absolute Gasteiger partial charge is 0.494 e. The molecule has 156 valence electrons. The van der Waals surface area contributed by atoms with E-state index in [0.29, 0.717) is 52.1 Å². The van der Waals surface area contributed by atoms with Crippen molar-refractivity contribution >= 4 is 23.2 Å². The minimum atomic E-state index is -0.936. The van der Waals surface area contributed by atoms with Gasteiger partial charge in [-0.05, 0) is 49.7 Å². The molecule has 1 amide bonds. The first-order chi connectivity index (χ1) is 14.5. The van der Waals surface area contributed by atoms with Gasteiger partial charge in [-0.1, -0.05) is 41.9 Å². The number of nitrogens with one attached hydrogen (secondary N) is 1. The summed E-state index contributed by atoms with van der Waals surface area (Å²) in [6, 6.07) is 19.2. The van der Waals surface area contributed by atoms with Crippen molar-refractivity contribution in [3.05, 3.63) is 88.4 Å². The summed E-state index contributed by atoms with van der Waals surface area (Å²) in [5, 5.41) is 14.2. The number of rotatable bonds is 8. The smallest absolute Gasteiger partial charge is 0.255 e. The Morgan fingerprint density at radius 3 is 2.20 bits per heavy atom. The highest BCUT2D eigenvalue weighted by atomic mass is 35.5. The van der Waals surface area contributed by atoms with Crippen LogP contribution in [0.5, 0.6) is 11.5 Å². The van der Waals surface area contributed by atoms with Gasteiger partial charge in [-0.2, -0.15) is 0 Å². The molecule has 3 aromatic rings. The summed E-state index contributed by atoms with van der Waals surface area (Å²) in [5.74, 6) is 0.754. The zero-order chi connectivity index (χ0) is 21.5. The SMILES string of the molecule is CCOc1cc(OCC)cc(C(=O)Nc2ccc(Cl)cc2[C@@H](O)c2ccccc2)c1. The fourth-order valence-corrected chi connectivity index (χ4v) is 3.27. The number of halogens is 1. The fourth-order valence-electron chi connectivity index (χ4n) is 3.09. The molecule has 2 N–H and O–H groups in total. The Balaban J connectivity index is 1.92. The van der Waals surface area contributed by atoms with E-state index in [4.69, 9.17) is 21.1 Å². The normalized spacial score (nSPS) is 11.6. The molecule has 0 unspecified atom stereocenters. The second-order valence-corrected chi connectivity index (χ2v) is 6.99. The van der Waals surface area contributed by atoms with Crippen LogP contribution in [0.3, 0.4) is 0 Å². The van der Waals surface area contributed by atoms with Gasteiger partial charge in [-0.3, -0.25) is 4.79 Å². The van der Waals surface area contributed by atoms with E-state index in [1.165, 1.54) is 0 Å². The van der Waals surface area contributed by atoms with Crippen molar-refractivity contribution in [2.45, 2.75) is 20.0 Å². The highest BCUT2D eigenvalue weighted by Gasteiger charge is 2.18. The first-order valence-electron chi connectivity index (χ1n) is 9.76. The quantitative estimate of drug-likeness (QED) is 0.502. The summed E-state index contributed by atoms with van der Waals surface area (Å²) in [6.45, 7) is 4.69. The fraction of sp³-hybridized carbons (Fsp3) is 0.208. The zero-order valence-electron chi connectivity index (χ0n) is 16.9. The summed E-state index contributed by atoms with van der Waals surface area (Å²) in [6.07, 6.45) is -0.936. The summed E-state index contributed by atoms with van der Waals surface area (Å²) in [4.78, 5) is 13.0. The molecule has 0 aliphatic rings. The van der Waals surface area contributed by atoms with Crippen molar-refractivity contribution < 1.29 is 19.4 Å². The number of carbonyl (C=O) groups is 1. The molecule has 0 radical (unpaired) electrons. The molecular formula is C24H24ClNO4. The van der Waals surface area contributed by atoms with Gasteiger partial charge in [0.15, 0.2) is 0 Å². The van der Waals surface area contributed by atoms with Crippen LogP contribution in [-0.4, -0.2) is 24.2 Å². The molecule has 1 atom stereocenters. The van der Waals surface area contributed by atoms with Crippen LogP contribution in [0, 0.1) is 0 Å². The first kappa shape index (κ1) is 21.7. The molecule has 6 heteroatoms. The Kier molecular flexibility index (Phi) is 7.33. The molecule has 3 rings (SSSR count). The second kappa shape index (κ2) is 10.1. The van der Waals surface area contributed by atoms with Gasteiger partial charge in [0.1, 0.15) is 17.6 Å². The lowest BCUT2D eigenvalue weighted by molar-refractivity contribution is 0.102. The third-order valence-electron chi connectivity index (χ3n) is 4.44. The Morgan fingerprint density at radius 1 is 0.967 bits per heavy atom. The molecule has 0 fully saturated rings. The van der Waals surface area contributed by atoms with Gasteiger partial charge < -0.3 is 19.9 Å². The van der Waals surface area contributed by atoms with Gasteiger partial charge >= 0.3 is 0 Å². The van der Waals surface area contributed by atoms with Crippen LogP contribution in [-0.2, 0) is 0 Å². The third kappa shape index (κ3) is 5.32. The number of aliphatic hydroxyl groups excluding tert-OH is 1. The number of anilines is 1. The molecule has 0 saturated heterocycles. The molecule has 0 saturated carbocycles. The van der Waals surface area contributed by atoms with E-state index in [0.717, 1.165) is 0 Å². The number of aliphatic hydroxyl groups is 1. The standard InChI is InChI=1S/C24H24ClNO4/c1-3-29-19-12-17(13-20(15-19)30-4-2)24(28)26-22-11-10-18(25)14-21(22)23(27)16-8-6-5-7-9-16/h5-15,23,27H,3-4H2,1-2H3,(H,26,28)/t23-/m0/s1. The predicted molar refractivity (Wildman–Crippen MR) is 119 cm³/mol. The zero-order valence-corrected chi connectivity index (χ0v) is 17.6. The van der Waals surface area contributed by atoms with Gasteiger partial charge in [0.05, 0.1) is 13.2 Å². The van der Waals surface area contributed by atoms with Crippen molar-refractivity contribution in [2.75, 3.05) is 18.5 Å². The van der Waals surface area contributed by atoms with Crippen molar-refractivity contribution in [2.24, 2.45) is 0 Å². The highest BCUT2D eigenvalue weighted by molar-refractivity contribution is 6.30.